The number of aromatic nitrogens is 1. The first-order valence-corrected chi connectivity index (χ1v) is 13.6. The lowest BCUT2D eigenvalue weighted by Crippen LogP contribution is -2.15. The van der Waals surface area contributed by atoms with Crippen LogP contribution in [0.5, 0.6) is 28.7 Å². The summed E-state index contributed by atoms with van der Waals surface area (Å²) in [7, 11) is 0. The van der Waals surface area contributed by atoms with Crippen molar-refractivity contribution in [2.75, 3.05) is 0 Å². The highest BCUT2D eigenvalue weighted by molar-refractivity contribution is 6.10. The van der Waals surface area contributed by atoms with E-state index in [1.807, 2.05) is 30.3 Å². The Hall–Kier alpha value is -5.22. The molecule has 6 aromatic rings. The van der Waals surface area contributed by atoms with Gasteiger partial charge in [0.05, 0.1) is 11.0 Å². The zero-order valence-electron chi connectivity index (χ0n) is 21.5. The molecule has 1 aliphatic carbocycles. The van der Waals surface area contributed by atoms with Gasteiger partial charge in [-0.05, 0) is 65.7 Å². The molecule has 2 unspecified atom stereocenters. The highest BCUT2D eigenvalue weighted by Crippen LogP contribution is 2.47. The summed E-state index contributed by atoms with van der Waals surface area (Å²) in [6.07, 6.45) is 8.63. The molecule has 0 spiro atoms. The average Bonchev–Trinajstić information content (AvgIpc) is 3.54. The Bertz CT molecular complexity index is 2060. The lowest BCUT2D eigenvalue weighted by atomic mass is 9.92. The molecule has 0 saturated heterocycles. The molecule has 2 atom stereocenters. The van der Waals surface area contributed by atoms with E-state index in [0.29, 0.717) is 0 Å². The Morgan fingerprint density at radius 2 is 1.25 bits per heavy atom. The molecular formula is C36H23NO3. The SMILES string of the molecule is C1=CC2Oc3cc(-n4c5ccccc5c5cc(-c6ccc7c(c6)Oc6ccccc6O7)ccc54)ccc3C2C=C1. The van der Waals surface area contributed by atoms with Crippen LogP contribution in [0, 0.1) is 0 Å². The van der Waals surface area contributed by atoms with E-state index < -0.39 is 0 Å². The van der Waals surface area contributed by atoms with Crippen molar-refractivity contribution in [3.63, 3.8) is 0 Å². The van der Waals surface area contributed by atoms with Gasteiger partial charge in [-0.2, -0.15) is 0 Å². The van der Waals surface area contributed by atoms with Gasteiger partial charge in [0.15, 0.2) is 23.0 Å². The topological polar surface area (TPSA) is 32.6 Å². The van der Waals surface area contributed by atoms with Gasteiger partial charge in [-0.15, -0.1) is 0 Å². The van der Waals surface area contributed by atoms with Crippen LogP contribution >= 0.6 is 0 Å². The van der Waals surface area contributed by atoms with Crippen molar-refractivity contribution in [1.29, 1.82) is 0 Å². The van der Waals surface area contributed by atoms with E-state index in [9.17, 15) is 0 Å². The predicted molar refractivity (Wildman–Crippen MR) is 158 cm³/mol. The van der Waals surface area contributed by atoms with Gasteiger partial charge in [-0.1, -0.05) is 66.8 Å². The van der Waals surface area contributed by atoms with Crippen LogP contribution in [0.1, 0.15) is 11.5 Å². The first-order valence-electron chi connectivity index (χ1n) is 13.6. The van der Waals surface area contributed by atoms with Gasteiger partial charge in [0, 0.05) is 34.0 Å². The molecule has 4 heteroatoms. The lowest BCUT2D eigenvalue weighted by Gasteiger charge is -2.21. The van der Waals surface area contributed by atoms with Crippen LogP contribution < -0.4 is 14.2 Å². The maximum Gasteiger partial charge on any atom is 0.170 e. The maximum atomic E-state index is 6.34. The fourth-order valence-electron chi connectivity index (χ4n) is 6.30. The Morgan fingerprint density at radius 1 is 0.525 bits per heavy atom. The number of hydrogen-bond acceptors (Lipinski definition) is 3. The molecule has 2 aliphatic heterocycles. The molecule has 5 aromatic carbocycles. The van der Waals surface area contributed by atoms with Gasteiger partial charge in [0.1, 0.15) is 11.9 Å². The minimum atomic E-state index is 0.0791. The van der Waals surface area contributed by atoms with Gasteiger partial charge < -0.3 is 18.8 Å². The van der Waals surface area contributed by atoms with Crippen molar-refractivity contribution in [3.8, 4) is 45.6 Å². The van der Waals surface area contributed by atoms with Crippen molar-refractivity contribution in [2.24, 2.45) is 0 Å². The molecule has 1 aromatic heterocycles. The normalized spacial score (nSPS) is 17.9. The molecule has 4 nitrogen and oxygen atoms in total. The Morgan fingerprint density at radius 3 is 2.17 bits per heavy atom. The van der Waals surface area contributed by atoms with Crippen LogP contribution in [0.2, 0.25) is 0 Å². The number of fused-ring (bicyclic) bond motifs is 8. The number of nitrogens with zero attached hydrogens (tertiary/aromatic N) is 1. The minimum Gasteiger partial charge on any atom is -0.485 e. The molecule has 190 valence electrons. The van der Waals surface area contributed by atoms with Gasteiger partial charge >= 0.3 is 0 Å². The van der Waals surface area contributed by atoms with E-state index in [-0.39, 0.29) is 12.0 Å². The van der Waals surface area contributed by atoms with E-state index in [1.165, 1.54) is 21.9 Å². The van der Waals surface area contributed by atoms with Gasteiger partial charge in [0.25, 0.3) is 0 Å². The molecule has 0 radical (unpaired) electrons. The Kier molecular flexibility index (Phi) is 4.41. The second kappa shape index (κ2) is 8.14. The molecule has 0 fully saturated rings. The van der Waals surface area contributed by atoms with Crippen LogP contribution in [-0.4, -0.2) is 10.7 Å². The zero-order valence-corrected chi connectivity index (χ0v) is 21.5. The number of hydrogen-bond donors (Lipinski definition) is 0. The summed E-state index contributed by atoms with van der Waals surface area (Å²) in [5, 5.41) is 2.42. The Labute approximate surface area is 231 Å². The van der Waals surface area contributed by atoms with E-state index in [0.717, 1.165) is 51.1 Å². The third kappa shape index (κ3) is 3.13. The molecule has 3 heterocycles. The first kappa shape index (κ1) is 21.7. The van der Waals surface area contributed by atoms with Crippen molar-refractivity contribution in [1.82, 2.24) is 4.57 Å². The molecule has 0 bridgehead atoms. The summed E-state index contributed by atoms with van der Waals surface area (Å²) in [5.41, 5.74) is 6.88. The highest BCUT2D eigenvalue weighted by Gasteiger charge is 2.32. The standard InChI is InChI=1S/C36H23NO3/c1-3-9-29-25(7-1)28-19-22(23-14-18-34-36(20-23)40-33-12-6-5-11-32(33)39-34)13-17-30(28)37(29)24-15-16-27-26-8-2-4-10-31(26)38-35(27)21-24/h1-21,26,31H. The van der Waals surface area contributed by atoms with Gasteiger partial charge in [0.2, 0.25) is 0 Å². The number of para-hydroxylation sites is 3. The molecule has 3 aliphatic rings. The van der Waals surface area contributed by atoms with Crippen molar-refractivity contribution >= 4 is 21.8 Å². The maximum absolute atomic E-state index is 6.34. The molecule has 0 saturated carbocycles. The quantitative estimate of drug-likeness (QED) is 0.229. The summed E-state index contributed by atoms with van der Waals surface area (Å²) in [5.74, 6) is 4.17. The minimum absolute atomic E-state index is 0.0791. The van der Waals surface area contributed by atoms with Gasteiger partial charge in [-0.25, -0.2) is 0 Å². The summed E-state index contributed by atoms with van der Waals surface area (Å²) in [4.78, 5) is 0. The van der Waals surface area contributed by atoms with Crippen molar-refractivity contribution in [2.45, 2.75) is 12.0 Å². The highest BCUT2D eigenvalue weighted by atomic mass is 16.6. The van der Waals surface area contributed by atoms with Crippen LogP contribution in [-0.2, 0) is 0 Å². The van der Waals surface area contributed by atoms with E-state index in [2.05, 4.69) is 102 Å². The predicted octanol–water partition coefficient (Wildman–Crippen LogP) is 9.32. The third-order valence-corrected chi connectivity index (χ3v) is 8.20. The molecule has 40 heavy (non-hydrogen) atoms. The number of benzene rings is 5. The van der Waals surface area contributed by atoms with Gasteiger partial charge in [-0.3, -0.25) is 0 Å². The number of rotatable bonds is 2. The van der Waals surface area contributed by atoms with Crippen molar-refractivity contribution < 1.29 is 14.2 Å². The molecule has 0 N–H and O–H groups in total. The largest absolute Gasteiger partial charge is 0.485 e. The summed E-state index contributed by atoms with van der Waals surface area (Å²) < 4.78 is 20.9. The average molecular weight is 518 g/mol. The second-order valence-corrected chi connectivity index (χ2v) is 10.5. The van der Waals surface area contributed by atoms with E-state index in [1.54, 1.807) is 0 Å². The van der Waals surface area contributed by atoms with Crippen LogP contribution in [0.3, 0.4) is 0 Å². The van der Waals surface area contributed by atoms with Crippen LogP contribution in [0.15, 0.2) is 127 Å². The number of ether oxygens (including phenoxy) is 3. The Balaban J connectivity index is 1.16. The van der Waals surface area contributed by atoms with E-state index in [4.69, 9.17) is 14.2 Å². The summed E-state index contributed by atoms with van der Waals surface area (Å²) in [6, 6.07) is 35.8. The molecule has 9 rings (SSSR count). The summed E-state index contributed by atoms with van der Waals surface area (Å²) in [6.45, 7) is 0. The smallest absolute Gasteiger partial charge is 0.170 e. The van der Waals surface area contributed by atoms with Crippen LogP contribution in [0.25, 0.3) is 38.6 Å². The third-order valence-electron chi connectivity index (χ3n) is 8.20. The second-order valence-electron chi connectivity index (χ2n) is 10.5. The first-order chi connectivity index (χ1) is 19.8. The lowest BCUT2D eigenvalue weighted by molar-refractivity contribution is 0.269. The number of allylic oxidation sites excluding steroid dienone is 2. The molecular weight excluding hydrogens is 494 g/mol. The fourth-order valence-corrected chi connectivity index (χ4v) is 6.30. The zero-order chi connectivity index (χ0) is 26.2. The van der Waals surface area contributed by atoms with Crippen molar-refractivity contribution in [3.05, 3.63) is 133 Å². The van der Waals surface area contributed by atoms with E-state index >= 15 is 0 Å². The monoisotopic (exact) mass is 517 g/mol. The molecule has 0 amide bonds. The summed E-state index contributed by atoms with van der Waals surface area (Å²) >= 11 is 0. The fraction of sp³-hybridized carbons (Fsp3) is 0.0556. The van der Waals surface area contributed by atoms with Crippen LogP contribution in [0.4, 0.5) is 0 Å².